The molecule has 0 radical (unpaired) electrons. The molecule has 5 nitrogen and oxygen atoms in total. The number of rotatable bonds is 2. The molecule has 3 aromatic carbocycles. The third-order valence-electron chi connectivity index (χ3n) is 5.32. The summed E-state index contributed by atoms with van der Waals surface area (Å²) in [7, 11) is 0. The van der Waals surface area contributed by atoms with Crippen molar-refractivity contribution in [2.45, 2.75) is 25.6 Å². The first-order chi connectivity index (χ1) is 13.6. The highest BCUT2D eigenvalue weighted by atomic mass is 16.5. The summed E-state index contributed by atoms with van der Waals surface area (Å²) in [5.41, 5.74) is 4.56. The van der Waals surface area contributed by atoms with E-state index in [0.29, 0.717) is 6.42 Å². The van der Waals surface area contributed by atoms with Gasteiger partial charge in [0.05, 0.1) is 11.8 Å². The third kappa shape index (κ3) is 2.67. The van der Waals surface area contributed by atoms with E-state index in [0.717, 1.165) is 33.7 Å². The van der Waals surface area contributed by atoms with E-state index in [1.54, 1.807) is 24.3 Å². The van der Waals surface area contributed by atoms with Crippen molar-refractivity contribution in [2.75, 3.05) is 0 Å². The Morgan fingerprint density at radius 3 is 2.71 bits per heavy atom. The van der Waals surface area contributed by atoms with E-state index in [1.807, 2.05) is 48.3 Å². The molecular weight excluding hydrogens is 352 g/mol. The SMILES string of the molecule is Cc1ccc(O)c(C2=NN3[C@@H](C2)c2ccccc2O[C@H]3c2cccc(O)c2)c1. The first-order valence-corrected chi connectivity index (χ1v) is 9.30. The van der Waals surface area contributed by atoms with Gasteiger partial charge in [-0.15, -0.1) is 0 Å². The molecule has 0 saturated heterocycles. The summed E-state index contributed by atoms with van der Waals surface area (Å²) in [4.78, 5) is 0. The summed E-state index contributed by atoms with van der Waals surface area (Å²) < 4.78 is 6.27. The highest BCUT2D eigenvalue weighted by Gasteiger charge is 2.41. The number of benzene rings is 3. The molecule has 0 saturated carbocycles. The molecular formula is C23H20N2O3. The summed E-state index contributed by atoms with van der Waals surface area (Å²) in [5, 5.41) is 27.1. The first kappa shape index (κ1) is 16.7. The topological polar surface area (TPSA) is 65.3 Å². The number of aromatic hydroxyl groups is 2. The van der Waals surface area contributed by atoms with Crippen molar-refractivity contribution in [1.82, 2.24) is 5.01 Å². The average Bonchev–Trinajstić information content (AvgIpc) is 3.14. The van der Waals surface area contributed by atoms with Crippen molar-refractivity contribution >= 4 is 5.71 Å². The largest absolute Gasteiger partial charge is 0.508 e. The molecule has 2 aliphatic heterocycles. The lowest BCUT2D eigenvalue weighted by atomic mass is 9.95. The summed E-state index contributed by atoms with van der Waals surface area (Å²) in [6.45, 7) is 2.00. The molecule has 0 aromatic heterocycles. The maximum atomic E-state index is 10.4. The molecule has 0 aliphatic carbocycles. The molecule has 5 rings (SSSR count). The quantitative estimate of drug-likeness (QED) is 0.687. The summed E-state index contributed by atoms with van der Waals surface area (Å²) in [6, 6.07) is 20.6. The van der Waals surface area contributed by atoms with Gasteiger partial charge in [0.1, 0.15) is 17.2 Å². The van der Waals surface area contributed by atoms with Crippen molar-refractivity contribution in [1.29, 1.82) is 0 Å². The second-order valence-corrected chi connectivity index (χ2v) is 7.27. The van der Waals surface area contributed by atoms with E-state index in [-0.39, 0.29) is 17.5 Å². The average molecular weight is 372 g/mol. The van der Waals surface area contributed by atoms with Gasteiger partial charge in [-0.05, 0) is 37.3 Å². The second-order valence-electron chi connectivity index (χ2n) is 7.27. The number of phenolic OH excluding ortho intramolecular Hbond substituents is 2. The lowest BCUT2D eigenvalue weighted by Gasteiger charge is -2.38. The van der Waals surface area contributed by atoms with E-state index in [9.17, 15) is 10.2 Å². The van der Waals surface area contributed by atoms with Crippen molar-refractivity contribution in [3.63, 3.8) is 0 Å². The Morgan fingerprint density at radius 1 is 1.00 bits per heavy atom. The first-order valence-electron chi connectivity index (χ1n) is 9.30. The smallest absolute Gasteiger partial charge is 0.214 e. The number of ether oxygens (including phenoxy) is 1. The number of hydrazone groups is 1. The minimum Gasteiger partial charge on any atom is -0.508 e. The van der Waals surface area contributed by atoms with Crippen LogP contribution >= 0.6 is 0 Å². The number of phenols is 2. The van der Waals surface area contributed by atoms with Crippen molar-refractivity contribution < 1.29 is 14.9 Å². The van der Waals surface area contributed by atoms with Crippen LogP contribution in [0, 0.1) is 6.92 Å². The predicted molar refractivity (Wildman–Crippen MR) is 106 cm³/mol. The molecule has 0 bridgehead atoms. The van der Waals surface area contributed by atoms with Crippen LogP contribution in [0.4, 0.5) is 0 Å². The lowest BCUT2D eigenvalue weighted by Crippen LogP contribution is -2.33. The van der Waals surface area contributed by atoms with E-state index in [1.165, 1.54) is 0 Å². The van der Waals surface area contributed by atoms with Gasteiger partial charge in [0.15, 0.2) is 0 Å². The fourth-order valence-electron chi connectivity index (χ4n) is 3.98. The fraction of sp³-hybridized carbons (Fsp3) is 0.174. The maximum absolute atomic E-state index is 10.4. The zero-order chi connectivity index (χ0) is 19.3. The molecule has 140 valence electrons. The van der Waals surface area contributed by atoms with Gasteiger partial charge in [-0.3, -0.25) is 0 Å². The van der Waals surface area contributed by atoms with Gasteiger partial charge in [-0.25, -0.2) is 5.01 Å². The highest BCUT2D eigenvalue weighted by Crippen LogP contribution is 2.48. The monoisotopic (exact) mass is 372 g/mol. The number of hydrogen-bond donors (Lipinski definition) is 2. The van der Waals surface area contributed by atoms with Crippen LogP contribution in [-0.2, 0) is 0 Å². The summed E-state index contributed by atoms with van der Waals surface area (Å²) in [5.74, 6) is 1.24. The highest BCUT2D eigenvalue weighted by molar-refractivity contribution is 6.04. The van der Waals surface area contributed by atoms with E-state index >= 15 is 0 Å². The van der Waals surface area contributed by atoms with Crippen LogP contribution < -0.4 is 4.74 Å². The zero-order valence-electron chi connectivity index (χ0n) is 15.4. The van der Waals surface area contributed by atoms with Gasteiger partial charge < -0.3 is 14.9 Å². The maximum Gasteiger partial charge on any atom is 0.214 e. The second kappa shape index (κ2) is 6.30. The third-order valence-corrected chi connectivity index (χ3v) is 5.32. The van der Waals surface area contributed by atoms with E-state index in [2.05, 4.69) is 6.07 Å². The van der Waals surface area contributed by atoms with Crippen LogP contribution in [0.3, 0.4) is 0 Å². The van der Waals surface area contributed by atoms with Crippen molar-refractivity contribution in [3.8, 4) is 17.2 Å². The van der Waals surface area contributed by atoms with Crippen LogP contribution in [0.15, 0.2) is 71.8 Å². The van der Waals surface area contributed by atoms with Crippen molar-refractivity contribution in [2.24, 2.45) is 5.10 Å². The molecule has 3 aromatic rings. The zero-order valence-corrected chi connectivity index (χ0v) is 15.4. The van der Waals surface area contributed by atoms with Crippen LogP contribution in [0.2, 0.25) is 0 Å². The van der Waals surface area contributed by atoms with Crippen molar-refractivity contribution in [3.05, 3.63) is 89.0 Å². The Kier molecular flexibility index (Phi) is 3.76. The number of aryl methyl sites for hydroxylation is 1. The van der Waals surface area contributed by atoms with Gasteiger partial charge in [0.2, 0.25) is 6.23 Å². The van der Waals surface area contributed by atoms with Gasteiger partial charge in [-0.1, -0.05) is 42.0 Å². The van der Waals surface area contributed by atoms with E-state index in [4.69, 9.17) is 9.84 Å². The number of nitrogens with zero attached hydrogens (tertiary/aromatic N) is 2. The van der Waals surface area contributed by atoms with Gasteiger partial charge in [0.25, 0.3) is 0 Å². The standard InChI is InChI=1S/C23H20N2O3/c1-14-9-10-21(27)18(11-14)19-13-20-17-7-2-3-8-22(17)28-23(25(20)24-19)15-5-4-6-16(26)12-15/h2-12,20,23,26-27H,13H2,1H3/t20-,23-/m0/s1. The Bertz CT molecular complexity index is 1090. The Morgan fingerprint density at radius 2 is 1.86 bits per heavy atom. The number of hydrogen-bond acceptors (Lipinski definition) is 5. The van der Waals surface area contributed by atoms with E-state index < -0.39 is 6.23 Å². The van der Waals surface area contributed by atoms with Crippen LogP contribution in [-0.4, -0.2) is 20.9 Å². The number of fused-ring (bicyclic) bond motifs is 3. The van der Waals surface area contributed by atoms with Crippen LogP contribution in [0.1, 0.15) is 40.9 Å². The molecule has 5 heteroatoms. The lowest BCUT2D eigenvalue weighted by molar-refractivity contribution is -0.0191. The molecule has 2 heterocycles. The van der Waals surface area contributed by atoms with Gasteiger partial charge in [0, 0.05) is 23.1 Å². The summed E-state index contributed by atoms with van der Waals surface area (Å²) >= 11 is 0. The molecule has 0 unspecified atom stereocenters. The minimum atomic E-state index is -0.448. The predicted octanol–water partition coefficient (Wildman–Crippen LogP) is 4.65. The Balaban J connectivity index is 1.62. The summed E-state index contributed by atoms with van der Waals surface area (Å²) in [6.07, 6.45) is 0.226. The Hall–Kier alpha value is -3.47. The fourth-order valence-corrected chi connectivity index (χ4v) is 3.98. The van der Waals surface area contributed by atoms with Crippen LogP contribution in [0.25, 0.3) is 0 Å². The molecule has 0 amide bonds. The Labute approximate surface area is 163 Å². The molecule has 2 atom stereocenters. The number of para-hydroxylation sites is 1. The molecule has 28 heavy (non-hydrogen) atoms. The molecule has 0 fully saturated rings. The molecule has 2 N–H and O–H groups in total. The molecule has 0 spiro atoms. The van der Waals surface area contributed by atoms with Crippen LogP contribution in [0.5, 0.6) is 17.2 Å². The minimum absolute atomic E-state index is 0.00668. The normalized spacial score (nSPS) is 20.2. The van der Waals surface area contributed by atoms with Gasteiger partial charge >= 0.3 is 0 Å². The molecule has 2 aliphatic rings. The van der Waals surface area contributed by atoms with Gasteiger partial charge in [-0.2, -0.15) is 5.10 Å².